The fraction of sp³-hybridized carbons (Fsp3) is 0.269. The van der Waals surface area contributed by atoms with Crippen molar-refractivity contribution >= 4 is 35.0 Å². The van der Waals surface area contributed by atoms with E-state index in [0.717, 1.165) is 11.1 Å². The molecule has 1 aromatic heterocycles. The van der Waals surface area contributed by atoms with Gasteiger partial charge in [0.15, 0.2) is 16.3 Å². The molecule has 1 unspecified atom stereocenters. The largest absolute Gasteiger partial charge is 0.493 e. The summed E-state index contributed by atoms with van der Waals surface area (Å²) in [6.07, 6.45) is 1.78. The summed E-state index contributed by atoms with van der Waals surface area (Å²) in [7, 11) is 1.57. The lowest BCUT2D eigenvalue weighted by atomic mass is 9.96. The summed E-state index contributed by atoms with van der Waals surface area (Å²) in [4.78, 5) is 31.7. The summed E-state index contributed by atoms with van der Waals surface area (Å²) in [5.74, 6) is 0.707. The third-order valence-electron chi connectivity index (χ3n) is 5.49. The Morgan fingerprint density at radius 2 is 1.89 bits per heavy atom. The molecular formula is C26H25ClN2O5S. The Bertz CT molecular complexity index is 1470. The second kappa shape index (κ2) is 10.5. The normalized spacial score (nSPS) is 15.5. The first-order chi connectivity index (χ1) is 16.9. The number of ether oxygens (including phenoxy) is 3. The van der Waals surface area contributed by atoms with Crippen LogP contribution in [-0.2, 0) is 9.53 Å². The molecule has 0 saturated carbocycles. The molecule has 35 heavy (non-hydrogen) atoms. The molecule has 0 N–H and O–H groups in total. The topological polar surface area (TPSA) is 79.1 Å². The highest BCUT2D eigenvalue weighted by atomic mass is 35.5. The van der Waals surface area contributed by atoms with Crippen molar-refractivity contribution < 1.29 is 19.0 Å². The highest BCUT2D eigenvalue weighted by Crippen LogP contribution is 2.31. The fourth-order valence-corrected chi connectivity index (χ4v) is 5.12. The van der Waals surface area contributed by atoms with E-state index in [1.165, 1.54) is 11.3 Å². The van der Waals surface area contributed by atoms with Gasteiger partial charge in [0, 0.05) is 5.02 Å². The minimum Gasteiger partial charge on any atom is -0.493 e. The zero-order valence-electron chi connectivity index (χ0n) is 19.8. The van der Waals surface area contributed by atoms with Crippen LogP contribution in [0, 0.1) is 0 Å². The number of thiazole rings is 1. The first-order valence-electron chi connectivity index (χ1n) is 11.1. The van der Waals surface area contributed by atoms with E-state index in [4.69, 9.17) is 25.8 Å². The Labute approximate surface area is 211 Å². The van der Waals surface area contributed by atoms with Crippen molar-refractivity contribution in [2.24, 2.45) is 4.99 Å². The Balaban J connectivity index is 1.90. The lowest BCUT2D eigenvalue weighted by molar-refractivity contribution is -0.139. The predicted octanol–water partition coefficient (Wildman–Crippen LogP) is 3.86. The average molecular weight is 513 g/mol. The van der Waals surface area contributed by atoms with Crippen molar-refractivity contribution in [3.8, 4) is 11.5 Å². The quantitative estimate of drug-likeness (QED) is 0.449. The number of hydrogen-bond donors (Lipinski definition) is 0. The zero-order valence-corrected chi connectivity index (χ0v) is 21.4. The number of nitrogens with zero attached hydrogens (tertiary/aromatic N) is 2. The number of fused-ring (bicyclic) bond motifs is 1. The van der Waals surface area contributed by atoms with E-state index in [9.17, 15) is 9.59 Å². The number of allylic oxidation sites excluding steroid dienone is 1. The minimum atomic E-state index is -0.681. The highest BCUT2D eigenvalue weighted by molar-refractivity contribution is 7.07. The van der Waals surface area contributed by atoms with Gasteiger partial charge in [0.1, 0.15) is 0 Å². The minimum absolute atomic E-state index is 0.215. The van der Waals surface area contributed by atoms with Gasteiger partial charge in [-0.3, -0.25) is 9.36 Å². The Kier molecular flexibility index (Phi) is 7.42. The molecule has 1 aliphatic heterocycles. The van der Waals surface area contributed by atoms with Gasteiger partial charge < -0.3 is 14.2 Å². The molecule has 0 fully saturated rings. The fourth-order valence-electron chi connectivity index (χ4n) is 3.95. The van der Waals surface area contributed by atoms with Gasteiger partial charge in [-0.25, -0.2) is 9.79 Å². The summed E-state index contributed by atoms with van der Waals surface area (Å²) in [5.41, 5.74) is 2.10. The second-order valence-electron chi connectivity index (χ2n) is 7.70. The summed E-state index contributed by atoms with van der Waals surface area (Å²) in [5, 5.41) is 0.559. The zero-order chi connectivity index (χ0) is 25.1. The lowest BCUT2D eigenvalue weighted by Gasteiger charge is -2.24. The molecule has 0 bridgehead atoms. The molecule has 0 saturated heterocycles. The van der Waals surface area contributed by atoms with Crippen molar-refractivity contribution in [3.63, 3.8) is 0 Å². The van der Waals surface area contributed by atoms with Crippen molar-refractivity contribution in [1.82, 2.24) is 4.57 Å². The van der Waals surface area contributed by atoms with Crippen LogP contribution in [0.4, 0.5) is 0 Å². The first kappa shape index (κ1) is 24.8. The molecule has 0 spiro atoms. The van der Waals surface area contributed by atoms with Gasteiger partial charge in [-0.1, -0.05) is 41.1 Å². The number of carbonyl (C=O) groups excluding carboxylic acids is 1. The smallest absolute Gasteiger partial charge is 0.338 e. The number of benzene rings is 2. The van der Waals surface area contributed by atoms with Crippen LogP contribution in [0.15, 0.2) is 63.5 Å². The van der Waals surface area contributed by atoms with E-state index >= 15 is 0 Å². The van der Waals surface area contributed by atoms with Crippen molar-refractivity contribution in [2.45, 2.75) is 26.8 Å². The molecule has 1 atom stereocenters. The third-order valence-corrected chi connectivity index (χ3v) is 6.72. The van der Waals surface area contributed by atoms with Gasteiger partial charge in [0.05, 0.1) is 42.2 Å². The number of esters is 1. The van der Waals surface area contributed by atoms with Gasteiger partial charge >= 0.3 is 5.97 Å². The van der Waals surface area contributed by atoms with Crippen LogP contribution in [0.2, 0.25) is 5.02 Å². The van der Waals surface area contributed by atoms with Gasteiger partial charge in [0.25, 0.3) is 5.56 Å². The molecule has 0 aliphatic carbocycles. The van der Waals surface area contributed by atoms with E-state index in [0.29, 0.717) is 43.7 Å². The summed E-state index contributed by atoms with van der Waals surface area (Å²) in [6.45, 7) is 6.13. The molecule has 7 nitrogen and oxygen atoms in total. The standard InChI is InChI=1S/C26H25ClN2O5S/c1-5-33-19-12-7-16(13-20(19)32-4)14-21-24(30)29-23(17-8-10-18(27)11-9-17)22(25(31)34-6-2)15(3)28-26(29)35-21/h7-14,23H,5-6H2,1-4H3/b21-14+. The molecule has 3 aromatic rings. The molecule has 182 valence electrons. The number of halogens is 1. The molecule has 0 amide bonds. The van der Waals surface area contributed by atoms with Crippen LogP contribution in [0.25, 0.3) is 6.08 Å². The highest BCUT2D eigenvalue weighted by Gasteiger charge is 2.33. The van der Waals surface area contributed by atoms with Crippen LogP contribution in [0.1, 0.15) is 37.9 Å². The summed E-state index contributed by atoms with van der Waals surface area (Å²) < 4.78 is 18.4. The summed E-state index contributed by atoms with van der Waals surface area (Å²) >= 11 is 7.36. The number of hydrogen-bond acceptors (Lipinski definition) is 7. The monoisotopic (exact) mass is 512 g/mol. The molecule has 2 heterocycles. The molecular weight excluding hydrogens is 488 g/mol. The van der Waals surface area contributed by atoms with Crippen LogP contribution in [0.3, 0.4) is 0 Å². The van der Waals surface area contributed by atoms with Crippen LogP contribution in [-0.4, -0.2) is 30.9 Å². The Morgan fingerprint density at radius 1 is 1.14 bits per heavy atom. The number of carbonyl (C=O) groups is 1. The van der Waals surface area contributed by atoms with Crippen molar-refractivity contribution in [2.75, 3.05) is 20.3 Å². The van der Waals surface area contributed by atoms with Crippen LogP contribution < -0.4 is 24.4 Å². The van der Waals surface area contributed by atoms with E-state index in [1.807, 2.05) is 25.1 Å². The van der Waals surface area contributed by atoms with Gasteiger partial charge in [0.2, 0.25) is 0 Å². The molecule has 0 radical (unpaired) electrons. The SMILES string of the molecule is CCOC(=O)C1=C(C)N=c2s/c(=C/c3ccc(OCC)c(OC)c3)c(=O)n2C1c1ccc(Cl)cc1. The Hall–Kier alpha value is -3.36. The summed E-state index contributed by atoms with van der Waals surface area (Å²) in [6, 6.07) is 11.9. The predicted molar refractivity (Wildman–Crippen MR) is 136 cm³/mol. The molecule has 2 aromatic carbocycles. The second-order valence-corrected chi connectivity index (χ2v) is 9.14. The van der Waals surface area contributed by atoms with E-state index in [2.05, 4.69) is 4.99 Å². The van der Waals surface area contributed by atoms with Gasteiger partial charge in [-0.15, -0.1) is 0 Å². The first-order valence-corrected chi connectivity index (χ1v) is 12.3. The Morgan fingerprint density at radius 3 is 2.54 bits per heavy atom. The van der Waals surface area contributed by atoms with Crippen LogP contribution >= 0.6 is 22.9 Å². The van der Waals surface area contributed by atoms with Crippen molar-refractivity contribution in [3.05, 3.63) is 89.6 Å². The number of rotatable bonds is 7. The van der Waals surface area contributed by atoms with Crippen molar-refractivity contribution in [1.29, 1.82) is 0 Å². The maximum Gasteiger partial charge on any atom is 0.338 e. The third kappa shape index (κ3) is 4.90. The molecule has 4 rings (SSSR count). The van der Waals surface area contributed by atoms with E-state index in [1.54, 1.807) is 55.9 Å². The van der Waals surface area contributed by atoms with Gasteiger partial charge in [-0.05, 0) is 62.2 Å². The molecule has 9 heteroatoms. The average Bonchev–Trinajstić information content (AvgIpc) is 3.14. The lowest BCUT2D eigenvalue weighted by Crippen LogP contribution is -2.39. The number of aromatic nitrogens is 1. The van der Waals surface area contributed by atoms with E-state index in [-0.39, 0.29) is 12.2 Å². The van der Waals surface area contributed by atoms with E-state index < -0.39 is 12.0 Å². The van der Waals surface area contributed by atoms with Crippen LogP contribution in [0.5, 0.6) is 11.5 Å². The maximum atomic E-state index is 13.7. The maximum absolute atomic E-state index is 13.7. The number of methoxy groups -OCH3 is 1. The van der Waals surface area contributed by atoms with Gasteiger partial charge in [-0.2, -0.15) is 0 Å². The molecule has 1 aliphatic rings.